The zero-order chi connectivity index (χ0) is 18.1. The van der Waals surface area contributed by atoms with E-state index in [-0.39, 0.29) is 17.5 Å². The fourth-order valence-electron chi connectivity index (χ4n) is 3.27. The molecule has 4 aromatic rings. The smallest absolute Gasteiger partial charge is 0.262 e. The quantitative estimate of drug-likeness (QED) is 0.611. The second-order valence-electron chi connectivity index (χ2n) is 6.63. The van der Waals surface area contributed by atoms with E-state index in [2.05, 4.69) is 34.3 Å². The van der Waals surface area contributed by atoms with Crippen molar-refractivity contribution in [1.29, 1.82) is 0 Å². The van der Waals surface area contributed by atoms with E-state index in [0.29, 0.717) is 16.9 Å². The second-order valence-corrected chi connectivity index (χ2v) is 6.63. The molecule has 0 aliphatic carbocycles. The van der Waals surface area contributed by atoms with E-state index in [9.17, 15) is 4.79 Å². The van der Waals surface area contributed by atoms with Gasteiger partial charge in [-0.05, 0) is 25.0 Å². The lowest BCUT2D eigenvalue weighted by molar-refractivity contribution is 0.545. The van der Waals surface area contributed by atoms with E-state index in [1.54, 1.807) is 10.9 Å². The van der Waals surface area contributed by atoms with Crippen LogP contribution in [0.4, 0.5) is 0 Å². The van der Waals surface area contributed by atoms with Gasteiger partial charge in [-0.2, -0.15) is 5.10 Å². The summed E-state index contributed by atoms with van der Waals surface area (Å²) in [6.07, 6.45) is 1.59. The first-order chi connectivity index (χ1) is 12.6. The molecule has 0 unspecified atom stereocenters. The minimum atomic E-state index is -0.159. The van der Waals surface area contributed by atoms with Crippen LogP contribution in [0.2, 0.25) is 0 Å². The fourth-order valence-corrected chi connectivity index (χ4v) is 3.27. The topological polar surface area (TPSA) is 63.6 Å². The number of benzene rings is 2. The molecule has 0 fully saturated rings. The summed E-state index contributed by atoms with van der Waals surface area (Å²) in [6.45, 7) is 4.06. The van der Waals surface area contributed by atoms with E-state index in [0.717, 1.165) is 11.1 Å². The summed E-state index contributed by atoms with van der Waals surface area (Å²) in [5.41, 5.74) is 2.62. The van der Waals surface area contributed by atoms with Crippen molar-refractivity contribution >= 4 is 11.0 Å². The third kappa shape index (κ3) is 2.81. The van der Waals surface area contributed by atoms with Crippen molar-refractivity contribution < 1.29 is 0 Å². The molecular weight excluding hydrogens is 324 g/mol. The van der Waals surface area contributed by atoms with Gasteiger partial charge in [0.1, 0.15) is 11.2 Å². The monoisotopic (exact) mass is 344 g/mol. The highest BCUT2D eigenvalue weighted by Gasteiger charge is 2.21. The highest BCUT2D eigenvalue weighted by Crippen LogP contribution is 2.29. The lowest BCUT2D eigenvalue weighted by atomic mass is 9.90. The standard InChI is InChI=1S/C21H20N4O/c1-14(2)25-20-17(13-22-25)21(26)24-19(23-20)18(15-9-5-3-6-10-15)16-11-7-4-8-12-16/h3-14,18H,1-2H3,(H,23,24,26). The molecule has 2 aromatic heterocycles. The van der Waals surface area contributed by atoms with Crippen LogP contribution < -0.4 is 5.56 Å². The number of hydrogen-bond acceptors (Lipinski definition) is 3. The summed E-state index contributed by atoms with van der Waals surface area (Å²) in [7, 11) is 0. The maximum Gasteiger partial charge on any atom is 0.262 e. The van der Waals surface area contributed by atoms with Gasteiger partial charge >= 0.3 is 0 Å². The van der Waals surface area contributed by atoms with Crippen LogP contribution >= 0.6 is 0 Å². The molecule has 26 heavy (non-hydrogen) atoms. The molecular formula is C21H20N4O. The molecule has 0 amide bonds. The molecule has 0 saturated heterocycles. The van der Waals surface area contributed by atoms with Gasteiger partial charge in [0.15, 0.2) is 5.65 Å². The van der Waals surface area contributed by atoms with E-state index in [4.69, 9.17) is 4.98 Å². The van der Waals surface area contributed by atoms with Crippen LogP contribution in [0.3, 0.4) is 0 Å². The fraction of sp³-hybridized carbons (Fsp3) is 0.190. The average Bonchev–Trinajstić information content (AvgIpc) is 3.09. The highest BCUT2D eigenvalue weighted by atomic mass is 16.1. The number of nitrogens with zero attached hydrogens (tertiary/aromatic N) is 3. The highest BCUT2D eigenvalue weighted by molar-refractivity contribution is 5.73. The van der Waals surface area contributed by atoms with E-state index in [1.165, 1.54) is 0 Å². The molecule has 5 nitrogen and oxygen atoms in total. The van der Waals surface area contributed by atoms with Crippen LogP contribution in [-0.4, -0.2) is 19.7 Å². The molecule has 130 valence electrons. The predicted octanol–water partition coefficient (Wildman–Crippen LogP) is 3.88. The molecule has 0 spiro atoms. The summed E-state index contributed by atoms with van der Waals surface area (Å²) < 4.78 is 1.79. The van der Waals surface area contributed by atoms with Crippen LogP contribution in [0.25, 0.3) is 11.0 Å². The average molecular weight is 344 g/mol. The normalized spacial score (nSPS) is 11.5. The number of rotatable bonds is 4. The largest absolute Gasteiger partial charge is 0.309 e. The van der Waals surface area contributed by atoms with Crippen LogP contribution in [-0.2, 0) is 0 Å². The van der Waals surface area contributed by atoms with Crippen molar-refractivity contribution in [3.8, 4) is 0 Å². The number of aromatic amines is 1. The van der Waals surface area contributed by atoms with Crippen molar-refractivity contribution in [2.24, 2.45) is 0 Å². The van der Waals surface area contributed by atoms with Crippen LogP contribution in [0.5, 0.6) is 0 Å². The third-order valence-electron chi connectivity index (χ3n) is 4.51. The van der Waals surface area contributed by atoms with Gasteiger partial charge in [0.25, 0.3) is 5.56 Å². The van der Waals surface area contributed by atoms with E-state index < -0.39 is 0 Å². The lowest BCUT2D eigenvalue weighted by Gasteiger charge is -2.18. The van der Waals surface area contributed by atoms with E-state index in [1.807, 2.05) is 50.2 Å². The number of fused-ring (bicyclic) bond motifs is 1. The zero-order valence-electron chi connectivity index (χ0n) is 14.8. The maximum absolute atomic E-state index is 12.7. The van der Waals surface area contributed by atoms with Crippen molar-refractivity contribution in [3.63, 3.8) is 0 Å². The first kappa shape index (κ1) is 16.3. The summed E-state index contributed by atoms with van der Waals surface area (Å²) in [5, 5.41) is 4.85. The Labute approximate surface area is 151 Å². The van der Waals surface area contributed by atoms with Crippen molar-refractivity contribution in [3.05, 3.63) is 94.2 Å². The number of H-pyrrole nitrogens is 1. The number of aromatic nitrogens is 4. The second kappa shape index (κ2) is 6.59. The Hall–Kier alpha value is -3.21. The molecule has 0 saturated carbocycles. The first-order valence-corrected chi connectivity index (χ1v) is 8.72. The molecule has 0 aliphatic heterocycles. The van der Waals surface area contributed by atoms with Crippen molar-refractivity contribution in [2.75, 3.05) is 0 Å². The molecule has 2 heterocycles. The van der Waals surface area contributed by atoms with Gasteiger partial charge in [0.2, 0.25) is 0 Å². The Morgan fingerprint density at radius 2 is 1.50 bits per heavy atom. The first-order valence-electron chi connectivity index (χ1n) is 8.72. The lowest BCUT2D eigenvalue weighted by Crippen LogP contribution is -2.17. The maximum atomic E-state index is 12.7. The summed E-state index contributed by atoms with van der Waals surface area (Å²) in [5.74, 6) is 0.479. The van der Waals surface area contributed by atoms with Gasteiger partial charge in [-0.25, -0.2) is 9.67 Å². The summed E-state index contributed by atoms with van der Waals surface area (Å²) >= 11 is 0. The SMILES string of the molecule is CC(C)n1ncc2c(=O)[nH]c(C(c3ccccc3)c3ccccc3)nc21. The van der Waals surface area contributed by atoms with Crippen LogP contribution in [0.1, 0.15) is 42.8 Å². The van der Waals surface area contributed by atoms with Gasteiger partial charge in [-0.15, -0.1) is 0 Å². The Kier molecular flexibility index (Phi) is 4.13. The number of nitrogens with one attached hydrogen (secondary N) is 1. The van der Waals surface area contributed by atoms with Gasteiger partial charge in [0.05, 0.1) is 12.1 Å². The van der Waals surface area contributed by atoms with Crippen molar-refractivity contribution in [1.82, 2.24) is 19.7 Å². The molecule has 0 aliphatic rings. The van der Waals surface area contributed by atoms with Gasteiger partial charge in [-0.1, -0.05) is 60.7 Å². The van der Waals surface area contributed by atoms with Crippen molar-refractivity contribution in [2.45, 2.75) is 25.8 Å². The molecule has 1 N–H and O–H groups in total. The minimum Gasteiger partial charge on any atom is -0.309 e. The molecule has 2 aromatic carbocycles. The molecule has 0 atom stereocenters. The Bertz CT molecular complexity index is 1040. The molecule has 0 radical (unpaired) electrons. The summed E-state index contributed by atoms with van der Waals surface area (Å²) in [4.78, 5) is 20.4. The van der Waals surface area contributed by atoms with Gasteiger partial charge in [-0.3, -0.25) is 4.79 Å². The minimum absolute atomic E-state index is 0.126. The third-order valence-corrected chi connectivity index (χ3v) is 4.51. The van der Waals surface area contributed by atoms with Gasteiger partial charge < -0.3 is 4.98 Å². The zero-order valence-corrected chi connectivity index (χ0v) is 14.8. The van der Waals surface area contributed by atoms with Gasteiger partial charge in [0, 0.05) is 6.04 Å². The number of hydrogen-bond donors (Lipinski definition) is 1. The molecule has 4 rings (SSSR count). The molecule has 0 bridgehead atoms. The van der Waals surface area contributed by atoms with E-state index >= 15 is 0 Å². The Balaban J connectivity index is 1.97. The Morgan fingerprint density at radius 1 is 0.923 bits per heavy atom. The van der Waals surface area contributed by atoms with Crippen LogP contribution in [0.15, 0.2) is 71.7 Å². The predicted molar refractivity (Wildman–Crippen MR) is 102 cm³/mol. The molecule has 5 heteroatoms. The summed E-state index contributed by atoms with van der Waals surface area (Å²) in [6, 6.07) is 20.3. The Morgan fingerprint density at radius 3 is 2.04 bits per heavy atom. The van der Waals surface area contributed by atoms with Crippen LogP contribution in [0, 0.1) is 0 Å².